The molecule has 8 atom stereocenters. The van der Waals surface area contributed by atoms with Gasteiger partial charge in [0, 0.05) is 25.7 Å². The van der Waals surface area contributed by atoms with E-state index in [4.69, 9.17) is 14.2 Å². The lowest BCUT2D eigenvalue weighted by atomic mass is 9.45. The fraction of sp³-hybridized carbons (Fsp3) is 0.750. The highest BCUT2D eigenvalue weighted by Crippen LogP contribution is 2.68. The maximum absolute atomic E-state index is 13.7. The highest BCUT2D eigenvalue weighted by atomic mass is 16.6. The first-order chi connectivity index (χ1) is 17.2. The zero-order valence-corrected chi connectivity index (χ0v) is 22.3. The Hall–Kier alpha value is -2.55. The molecule has 1 N–H and O–H groups in total. The molecule has 4 rings (SSSR count). The summed E-state index contributed by atoms with van der Waals surface area (Å²) in [7, 11) is 0. The number of allylic oxidation sites excluding steroid dienone is 1. The molecular formula is C28H38O9. The lowest BCUT2D eigenvalue weighted by Gasteiger charge is -2.60. The summed E-state index contributed by atoms with van der Waals surface area (Å²) in [5.74, 6) is -2.47. The van der Waals surface area contributed by atoms with Crippen molar-refractivity contribution in [2.45, 2.75) is 97.4 Å². The molecule has 0 heterocycles. The van der Waals surface area contributed by atoms with Crippen LogP contribution < -0.4 is 0 Å². The van der Waals surface area contributed by atoms with Crippen LogP contribution in [0.1, 0.15) is 79.6 Å². The molecule has 0 bridgehead atoms. The summed E-state index contributed by atoms with van der Waals surface area (Å²) in [6.45, 7) is 7.20. The second kappa shape index (κ2) is 9.64. The molecule has 0 aromatic rings. The second-order valence-electron chi connectivity index (χ2n) is 11.8. The lowest BCUT2D eigenvalue weighted by Crippen LogP contribution is -2.63. The normalized spacial score (nSPS) is 39.3. The predicted octanol–water partition coefficient (Wildman–Crippen LogP) is 2.85. The van der Waals surface area contributed by atoms with Gasteiger partial charge in [0.1, 0.15) is 0 Å². The number of carbonyl (C=O) groups is 5. The zero-order valence-electron chi connectivity index (χ0n) is 22.3. The van der Waals surface area contributed by atoms with E-state index >= 15 is 0 Å². The van der Waals surface area contributed by atoms with E-state index in [0.29, 0.717) is 19.3 Å². The van der Waals surface area contributed by atoms with Crippen LogP contribution in [0.4, 0.5) is 0 Å². The first-order valence-corrected chi connectivity index (χ1v) is 13.2. The van der Waals surface area contributed by atoms with Gasteiger partial charge in [-0.15, -0.1) is 0 Å². The molecule has 9 heteroatoms. The number of aliphatic hydroxyl groups is 1. The Morgan fingerprint density at radius 3 is 2.43 bits per heavy atom. The molecule has 0 amide bonds. The van der Waals surface area contributed by atoms with Crippen LogP contribution >= 0.6 is 0 Å². The molecule has 4 aliphatic carbocycles. The number of carbonyl (C=O) groups excluding carboxylic acids is 5. The minimum absolute atomic E-state index is 0.0101. The summed E-state index contributed by atoms with van der Waals surface area (Å²) >= 11 is 0. The molecule has 3 fully saturated rings. The van der Waals surface area contributed by atoms with Crippen LogP contribution in [-0.2, 0) is 38.2 Å². The Morgan fingerprint density at radius 2 is 1.78 bits per heavy atom. The molecule has 0 saturated heterocycles. The van der Waals surface area contributed by atoms with Crippen LogP contribution in [0.25, 0.3) is 0 Å². The summed E-state index contributed by atoms with van der Waals surface area (Å²) in [5.41, 5.74) is -1.56. The molecule has 0 aliphatic heterocycles. The van der Waals surface area contributed by atoms with Gasteiger partial charge < -0.3 is 19.3 Å². The molecule has 3 saturated carbocycles. The molecule has 204 valence electrons. The summed E-state index contributed by atoms with van der Waals surface area (Å²) in [5, 5.41) is 11.6. The van der Waals surface area contributed by atoms with Gasteiger partial charge in [-0.05, 0) is 74.7 Å². The number of fused-ring (bicyclic) bond motifs is 5. The van der Waals surface area contributed by atoms with E-state index in [2.05, 4.69) is 6.92 Å². The average molecular weight is 519 g/mol. The van der Waals surface area contributed by atoms with E-state index < -0.39 is 53.5 Å². The molecule has 0 radical (unpaired) electrons. The van der Waals surface area contributed by atoms with Gasteiger partial charge in [0.15, 0.2) is 24.1 Å². The zero-order chi connectivity index (χ0) is 27.3. The maximum Gasteiger partial charge on any atom is 0.347 e. The van der Waals surface area contributed by atoms with Crippen LogP contribution in [0.2, 0.25) is 0 Å². The van der Waals surface area contributed by atoms with Crippen molar-refractivity contribution < 1.29 is 43.3 Å². The summed E-state index contributed by atoms with van der Waals surface area (Å²) in [4.78, 5) is 61.6. The molecule has 0 aromatic carbocycles. The summed E-state index contributed by atoms with van der Waals surface area (Å²) in [6.07, 6.45) is 3.73. The van der Waals surface area contributed by atoms with Crippen molar-refractivity contribution in [2.24, 2.45) is 28.6 Å². The molecule has 9 nitrogen and oxygen atoms in total. The van der Waals surface area contributed by atoms with Crippen molar-refractivity contribution in [1.29, 1.82) is 0 Å². The molecule has 0 spiro atoms. The molecule has 4 aliphatic rings. The van der Waals surface area contributed by atoms with Gasteiger partial charge in [-0.25, -0.2) is 4.79 Å². The molecule has 1 unspecified atom stereocenters. The number of ketones is 2. The van der Waals surface area contributed by atoms with Gasteiger partial charge in [0.05, 0.1) is 6.10 Å². The fourth-order valence-electron chi connectivity index (χ4n) is 8.27. The van der Waals surface area contributed by atoms with Crippen molar-refractivity contribution >= 4 is 29.5 Å². The minimum atomic E-state index is -1.54. The Labute approximate surface area is 217 Å². The smallest absolute Gasteiger partial charge is 0.347 e. The Kier molecular flexibility index (Phi) is 7.16. The second-order valence-corrected chi connectivity index (χ2v) is 11.8. The largest absolute Gasteiger partial charge is 0.455 e. The van der Waals surface area contributed by atoms with Gasteiger partial charge in [0.2, 0.25) is 5.78 Å². The predicted molar refractivity (Wildman–Crippen MR) is 130 cm³/mol. The first-order valence-electron chi connectivity index (χ1n) is 13.2. The SMILES string of the molecule is CC(=O)OC(C)C(=O)OCC(=O)[C@]1(OC(C)=O)CC[C@H]2[C@@H]3CCC4=CC(=O)CC[C@]4(C)[C@H]3[C@@H](O)C[C@@]21C. The van der Waals surface area contributed by atoms with E-state index in [1.165, 1.54) is 20.8 Å². The van der Waals surface area contributed by atoms with Crippen molar-refractivity contribution in [2.75, 3.05) is 6.61 Å². The molecular weight excluding hydrogens is 480 g/mol. The third-order valence-electron chi connectivity index (χ3n) is 9.80. The van der Waals surface area contributed by atoms with Gasteiger partial charge in [0.25, 0.3) is 0 Å². The Balaban J connectivity index is 1.62. The quantitative estimate of drug-likeness (QED) is 0.416. The van der Waals surface area contributed by atoms with E-state index in [0.717, 1.165) is 18.4 Å². The van der Waals surface area contributed by atoms with Crippen molar-refractivity contribution in [3.63, 3.8) is 0 Å². The summed E-state index contributed by atoms with van der Waals surface area (Å²) in [6, 6.07) is 0. The van der Waals surface area contributed by atoms with E-state index in [1.54, 1.807) is 6.08 Å². The van der Waals surface area contributed by atoms with E-state index in [-0.39, 0.29) is 41.8 Å². The maximum atomic E-state index is 13.7. The van der Waals surface area contributed by atoms with Gasteiger partial charge in [-0.1, -0.05) is 19.4 Å². The third kappa shape index (κ3) is 4.43. The average Bonchev–Trinajstić information content (AvgIpc) is 3.08. The van der Waals surface area contributed by atoms with Crippen molar-refractivity contribution in [1.82, 2.24) is 0 Å². The molecule has 37 heavy (non-hydrogen) atoms. The number of Topliss-reactive ketones (excluding diaryl/α,β-unsaturated/α-hetero) is 1. The monoisotopic (exact) mass is 518 g/mol. The topological polar surface area (TPSA) is 133 Å². The third-order valence-corrected chi connectivity index (χ3v) is 9.80. The number of rotatable bonds is 6. The molecule has 0 aromatic heterocycles. The van der Waals surface area contributed by atoms with E-state index in [9.17, 15) is 29.1 Å². The Bertz CT molecular complexity index is 1050. The fourth-order valence-corrected chi connectivity index (χ4v) is 8.27. The van der Waals surface area contributed by atoms with E-state index in [1.807, 2.05) is 6.92 Å². The number of ether oxygens (including phenoxy) is 3. The van der Waals surface area contributed by atoms with Crippen LogP contribution in [0.5, 0.6) is 0 Å². The van der Waals surface area contributed by atoms with Gasteiger partial charge >= 0.3 is 17.9 Å². The highest BCUT2D eigenvalue weighted by Gasteiger charge is 2.70. The van der Waals surface area contributed by atoms with Crippen LogP contribution in [-0.4, -0.2) is 59.0 Å². The van der Waals surface area contributed by atoms with Gasteiger partial charge in [-0.3, -0.25) is 19.2 Å². The number of esters is 3. The highest BCUT2D eigenvalue weighted by molar-refractivity contribution is 5.94. The summed E-state index contributed by atoms with van der Waals surface area (Å²) < 4.78 is 15.8. The van der Waals surface area contributed by atoms with Crippen LogP contribution in [0.15, 0.2) is 11.6 Å². The minimum Gasteiger partial charge on any atom is -0.455 e. The first kappa shape index (κ1) is 27.5. The van der Waals surface area contributed by atoms with Crippen LogP contribution in [0.3, 0.4) is 0 Å². The Morgan fingerprint density at radius 1 is 1.08 bits per heavy atom. The van der Waals surface area contributed by atoms with Crippen LogP contribution in [0, 0.1) is 28.6 Å². The lowest BCUT2D eigenvalue weighted by molar-refractivity contribution is -0.202. The standard InChI is InChI=1S/C28H38O9/c1-15(36-16(2)29)25(34)35-14-23(33)28(37-17(3)30)11-9-21-20-7-6-18-12-19(31)8-10-26(18,4)24(20)22(32)13-27(21,28)5/h12,15,20-22,24,32H,6-11,13-14H2,1-5H3/t15?,20-,21-,22-,24+,26-,27-,28+/m0/s1. The number of hydrogen-bond acceptors (Lipinski definition) is 9. The van der Waals surface area contributed by atoms with Gasteiger partial charge in [-0.2, -0.15) is 0 Å². The van der Waals surface area contributed by atoms with Crippen molar-refractivity contribution in [3.8, 4) is 0 Å². The van der Waals surface area contributed by atoms with Crippen molar-refractivity contribution in [3.05, 3.63) is 11.6 Å². The number of aliphatic hydroxyl groups excluding tert-OH is 1. The number of hydrogen-bond donors (Lipinski definition) is 1.